The van der Waals surface area contributed by atoms with Crippen molar-refractivity contribution < 1.29 is 18.5 Å². The normalized spacial score (nSPS) is 10.7. The Morgan fingerprint density at radius 1 is 1.31 bits per heavy atom. The van der Waals surface area contributed by atoms with Crippen molar-refractivity contribution in [2.24, 2.45) is 0 Å². The number of carbonyl (C=O) groups is 1. The molecule has 0 bridgehead atoms. The fraction of sp³-hybridized carbons (Fsp3) is 0.143. The molecule has 0 spiro atoms. The topological polar surface area (TPSA) is 114 Å². The molecule has 1 N–H and O–H groups in total. The van der Waals surface area contributed by atoms with E-state index in [0.29, 0.717) is 51.7 Å². The van der Waals surface area contributed by atoms with Crippen LogP contribution in [0.25, 0.3) is 22.6 Å². The van der Waals surface area contributed by atoms with Crippen LogP contribution >= 0.6 is 0 Å². The number of ether oxygens (including phenoxy) is 1. The number of fused-ring (bicyclic) bond motifs is 1. The van der Waals surface area contributed by atoms with Crippen molar-refractivity contribution >= 4 is 22.7 Å². The van der Waals surface area contributed by atoms with Gasteiger partial charge in [0.25, 0.3) is 11.6 Å². The Morgan fingerprint density at radius 2 is 2.17 bits per heavy atom. The number of aromatic nitrogens is 2. The number of nitrogens with one attached hydrogen (secondary N) is 1. The van der Waals surface area contributed by atoms with E-state index >= 15 is 0 Å². The van der Waals surface area contributed by atoms with Crippen molar-refractivity contribution in [1.29, 1.82) is 5.26 Å². The maximum absolute atomic E-state index is 13.2. The minimum Gasteiger partial charge on any atom is -0.492 e. The summed E-state index contributed by atoms with van der Waals surface area (Å²) in [6, 6.07) is 12.0. The fourth-order valence-electron chi connectivity index (χ4n) is 2.99. The van der Waals surface area contributed by atoms with E-state index in [1.165, 1.54) is 6.26 Å². The Morgan fingerprint density at radius 3 is 2.90 bits per heavy atom. The number of rotatable bonds is 5. The van der Waals surface area contributed by atoms with Gasteiger partial charge in [-0.15, -0.1) is 0 Å². The van der Waals surface area contributed by atoms with Crippen LogP contribution in [0.3, 0.4) is 0 Å². The molecule has 0 aliphatic heterocycles. The Kier molecular flexibility index (Phi) is 4.71. The van der Waals surface area contributed by atoms with Gasteiger partial charge >= 0.3 is 0 Å². The largest absolute Gasteiger partial charge is 0.492 e. The number of aryl methyl sites for hydroxylation is 1. The number of furan rings is 1. The van der Waals surface area contributed by atoms with Crippen molar-refractivity contribution in [3.63, 3.8) is 0 Å². The highest BCUT2D eigenvalue weighted by atomic mass is 16.5. The van der Waals surface area contributed by atoms with Gasteiger partial charge in [0, 0.05) is 0 Å². The highest BCUT2D eigenvalue weighted by Crippen LogP contribution is 2.30. The van der Waals surface area contributed by atoms with Crippen LogP contribution in [-0.2, 0) is 0 Å². The molecule has 0 saturated heterocycles. The molecule has 4 aromatic rings. The summed E-state index contributed by atoms with van der Waals surface area (Å²) in [5.74, 6) is 0.558. The average Bonchev–Trinajstić information content (AvgIpc) is 3.39. The zero-order valence-corrected chi connectivity index (χ0v) is 15.7. The first kappa shape index (κ1) is 18.3. The number of pyridine rings is 1. The van der Waals surface area contributed by atoms with Crippen molar-refractivity contribution in [2.45, 2.75) is 13.8 Å². The number of benzene rings is 1. The van der Waals surface area contributed by atoms with Gasteiger partial charge in [0.15, 0.2) is 5.76 Å². The van der Waals surface area contributed by atoms with E-state index < -0.39 is 5.91 Å². The zero-order chi connectivity index (χ0) is 20.4. The summed E-state index contributed by atoms with van der Waals surface area (Å²) < 4.78 is 16.2. The van der Waals surface area contributed by atoms with E-state index in [-0.39, 0.29) is 5.71 Å². The Labute approximate surface area is 165 Å². The van der Waals surface area contributed by atoms with Gasteiger partial charge in [-0.1, -0.05) is 5.16 Å². The van der Waals surface area contributed by atoms with E-state index in [4.69, 9.17) is 13.7 Å². The highest BCUT2D eigenvalue weighted by Gasteiger charge is 2.21. The molecule has 0 saturated carbocycles. The zero-order valence-electron chi connectivity index (χ0n) is 15.7. The van der Waals surface area contributed by atoms with Crippen molar-refractivity contribution in [1.82, 2.24) is 10.1 Å². The van der Waals surface area contributed by atoms with Crippen LogP contribution in [0.15, 0.2) is 51.6 Å². The summed E-state index contributed by atoms with van der Waals surface area (Å²) in [6.07, 6.45) is 1.52. The second kappa shape index (κ2) is 7.48. The van der Waals surface area contributed by atoms with E-state index in [0.717, 1.165) is 0 Å². The summed E-state index contributed by atoms with van der Waals surface area (Å²) in [5.41, 5.74) is 2.34. The molecule has 144 valence electrons. The lowest BCUT2D eigenvalue weighted by molar-refractivity contribution is 0.102. The van der Waals surface area contributed by atoms with E-state index in [1.807, 2.05) is 6.92 Å². The number of amides is 1. The molecule has 0 radical (unpaired) electrons. The number of hydrogen-bond donors (Lipinski definition) is 1. The van der Waals surface area contributed by atoms with Crippen LogP contribution in [-0.4, -0.2) is 22.7 Å². The minimum atomic E-state index is -0.410. The van der Waals surface area contributed by atoms with Crippen LogP contribution in [0.5, 0.6) is 5.75 Å². The Hall–Kier alpha value is -4.12. The summed E-state index contributed by atoms with van der Waals surface area (Å²) in [4.78, 5) is 17.6. The van der Waals surface area contributed by atoms with Gasteiger partial charge in [0.2, 0.25) is 0 Å². The van der Waals surface area contributed by atoms with E-state index in [1.54, 1.807) is 43.3 Å². The number of nitrogens with zero attached hydrogens (tertiary/aromatic N) is 3. The molecule has 1 amide bonds. The maximum atomic E-state index is 13.2. The van der Waals surface area contributed by atoms with Crippen molar-refractivity contribution in [3.8, 4) is 23.3 Å². The lowest BCUT2D eigenvalue weighted by Crippen LogP contribution is -2.14. The van der Waals surface area contributed by atoms with Gasteiger partial charge in [0.05, 0.1) is 46.8 Å². The lowest BCUT2D eigenvalue weighted by Gasteiger charge is -2.12. The minimum absolute atomic E-state index is 0.234. The molecule has 1 aromatic carbocycles. The smallest absolute Gasteiger partial charge is 0.259 e. The molecule has 0 atom stereocenters. The molecule has 0 aliphatic rings. The molecular weight excluding hydrogens is 372 g/mol. The monoisotopic (exact) mass is 388 g/mol. The number of carbonyl (C=O) groups excluding carboxylic acids is 1. The van der Waals surface area contributed by atoms with Gasteiger partial charge in [-0.3, -0.25) is 4.79 Å². The van der Waals surface area contributed by atoms with Gasteiger partial charge in [0.1, 0.15) is 11.4 Å². The second-order valence-electron chi connectivity index (χ2n) is 6.19. The summed E-state index contributed by atoms with van der Waals surface area (Å²) >= 11 is 0. The third-order valence-corrected chi connectivity index (χ3v) is 4.29. The van der Waals surface area contributed by atoms with Crippen LogP contribution in [0.1, 0.15) is 28.5 Å². The standard InChI is InChI=1S/C21H16N4O4/c1-3-27-18-7-6-13(11-22)9-15(18)23-20(26)14-10-16(17-5-4-8-28-17)24-21-19(14)12(2)25-29-21/h4-10H,3H2,1-2H3,(H,23,26). The molecule has 3 aromatic heterocycles. The third-order valence-electron chi connectivity index (χ3n) is 4.29. The molecule has 4 rings (SSSR count). The van der Waals surface area contributed by atoms with Gasteiger partial charge in [-0.25, -0.2) is 4.98 Å². The number of anilines is 1. The molecule has 8 heteroatoms. The number of nitriles is 1. The van der Waals surface area contributed by atoms with Crippen LogP contribution < -0.4 is 10.1 Å². The summed E-state index contributed by atoms with van der Waals surface area (Å²) in [6.45, 7) is 3.99. The quantitative estimate of drug-likeness (QED) is 0.541. The van der Waals surface area contributed by atoms with Crippen LogP contribution in [0.2, 0.25) is 0 Å². The van der Waals surface area contributed by atoms with Crippen LogP contribution in [0.4, 0.5) is 5.69 Å². The first-order valence-electron chi connectivity index (χ1n) is 8.90. The predicted octanol–water partition coefficient (Wildman–Crippen LogP) is 4.31. The van der Waals surface area contributed by atoms with Crippen molar-refractivity contribution in [2.75, 3.05) is 11.9 Å². The predicted molar refractivity (Wildman–Crippen MR) is 105 cm³/mol. The van der Waals surface area contributed by atoms with E-state index in [2.05, 4.69) is 21.5 Å². The van der Waals surface area contributed by atoms with Gasteiger partial charge in [-0.05, 0) is 50.2 Å². The first-order valence-corrected chi connectivity index (χ1v) is 8.90. The summed E-state index contributed by atoms with van der Waals surface area (Å²) in [5, 5.41) is 16.4. The Balaban J connectivity index is 1.80. The fourth-order valence-corrected chi connectivity index (χ4v) is 2.99. The molecule has 0 aliphatic carbocycles. The SMILES string of the molecule is CCOc1ccc(C#N)cc1NC(=O)c1cc(-c2ccco2)nc2onc(C)c12. The average molecular weight is 388 g/mol. The molecule has 29 heavy (non-hydrogen) atoms. The van der Waals surface area contributed by atoms with E-state index in [9.17, 15) is 10.1 Å². The highest BCUT2D eigenvalue weighted by molar-refractivity contribution is 6.13. The lowest BCUT2D eigenvalue weighted by atomic mass is 10.1. The summed E-state index contributed by atoms with van der Waals surface area (Å²) in [7, 11) is 0. The molecule has 0 unspecified atom stereocenters. The molecular formula is C21H16N4O4. The maximum Gasteiger partial charge on any atom is 0.259 e. The second-order valence-corrected chi connectivity index (χ2v) is 6.19. The third kappa shape index (κ3) is 3.41. The first-order chi connectivity index (χ1) is 14.1. The van der Waals surface area contributed by atoms with Crippen LogP contribution in [0, 0.1) is 18.3 Å². The Bertz CT molecular complexity index is 1240. The molecule has 3 heterocycles. The van der Waals surface area contributed by atoms with Gasteiger partial charge < -0.3 is 19.0 Å². The van der Waals surface area contributed by atoms with Crippen molar-refractivity contribution in [3.05, 3.63) is 59.5 Å². The van der Waals surface area contributed by atoms with Gasteiger partial charge in [-0.2, -0.15) is 5.26 Å². The number of hydrogen-bond acceptors (Lipinski definition) is 7. The molecule has 8 nitrogen and oxygen atoms in total. The molecule has 0 fully saturated rings.